The highest BCUT2D eigenvalue weighted by molar-refractivity contribution is 5.94. The molecule has 4 fully saturated rings. The molecule has 1 atom stereocenters. The Hall–Kier alpha value is -3.08. The van der Waals surface area contributed by atoms with Gasteiger partial charge in [-0.05, 0) is 55.9 Å². The lowest BCUT2D eigenvalue weighted by atomic mass is 9.68. The molecule has 4 saturated carbocycles. The van der Waals surface area contributed by atoms with Gasteiger partial charge in [0.25, 0.3) is 0 Å². The van der Waals surface area contributed by atoms with Gasteiger partial charge in [0.1, 0.15) is 23.1 Å². The van der Waals surface area contributed by atoms with Crippen LogP contribution in [0.25, 0.3) is 22.3 Å². The standard InChI is InChI=1S/C24H22F3N5/c25-14-8-15-21(17(26)9-14)31-32-23(15)22-16(10-28)19(13-5-6-13)20(27)24(30-22)29-18-7-11-1-3-12(18)4-2-11/h8-9,11-13,18H,1-7H2,(H,29,30)(H,31,32). The van der Waals surface area contributed by atoms with Crippen molar-refractivity contribution in [3.63, 3.8) is 0 Å². The number of aromatic nitrogens is 3. The lowest BCUT2D eigenvalue weighted by Gasteiger charge is -2.43. The summed E-state index contributed by atoms with van der Waals surface area (Å²) in [5.74, 6) is -0.810. The van der Waals surface area contributed by atoms with E-state index in [1.165, 1.54) is 12.8 Å². The fourth-order valence-corrected chi connectivity index (χ4v) is 5.68. The van der Waals surface area contributed by atoms with Crippen LogP contribution in [0, 0.1) is 40.6 Å². The van der Waals surface area contributed by atoms with Crippen molar-refractivity contribution >= 4 is 16.7 Å². The molecule has 2 aromatic heterocycles. The van der Waals surface area contributed by atoms with Crippen LogP contribution in [0.5, 0.6) is 0 Å². The normalized spacial score (nSPS) is 24.6. The van der Waals surface area contributed by atoms with E-state index < -0.39 is 17.5 Å². The fraction of sp³-hybridized carbons (Fsp3) is 0.458. The fourth-order valence-electron chi connectivity index (χ4n) is 5.68. The van der Waals surface area contributed by atoms with Crippen LogP contribution in [0.4, 0.5) is 19.0 Å². The van der Waals surface area contributed by atoms with Crippen LogP contribution >= 0.6 is 0 Å². The lowest BCUT2D eigenvalue weighted by molar-refractivity contribution is 0.157. The first-order chi connectivity index (χ1) is 15.5. The Bertz CT molecular complexity index is 1270. The Labute approximate surface area is 183 Å². The van der Waals surface area contributed by atoms with Crippen molar-refractivity contribution in [3.05, 3.63) is 40.7 Å². The number of H-pyrrole nitrogens is 1. The second-order valence-electron chi connectivity index (χ2n) is 9.45. The van der Waals surface area contributed by atoms with Gasteiger partial charge in [-0.2, -0.15) is 10.4 Å². The second-order valence-corrected chi connectivity index (χ2v) is 9.45. The van der Waals surface area contributed by atoms with Crippen molar-refractivity contribution in [1.82, 2.24) is 15.2 Å². The maximum atomic E-state index is 15.6. The largest absolute Gasteiger partial charge is 0.365 e. The zero-order valence-corrected chi connectivity index (χ0v) is 17.4. The van der Waals surface area contributed by atoms with Gasteiger partial charge in [-0.3, -0.25) is 5.10 Å². The molecule has 3 aromatic rings. The highest BCUT2D eigenvalue weighted by atomic mass is 19.1. The number of hydrogen-bond acceptors (Lipinski definition) is 4. The molecule has 2 bridgehead atoms. The van der Waals surface area contributed by atoms with Gasteiger partial charge in [0.2, 0.25) is 0 Å². The molecule has 4 aliphatic rings. The van der Waals surface area contributed by atoms with Crippen LogP contribution in [0.2, 0.25) is 0 Å². The maximum Gasteiger partial charge on any atom is 0.170 e. The number of anilines is 1. The van der Waals surface area contributed by atoms with Gasteiger partial charge < -0.3 is 5.32 Å². The van der Waals surface area contributed by atoms with Crippen LogP contribution in [0.3, 0.4) is 0 Å². The van der Waals surface area contributed by atoms with E-state index in [-0.39, 0.29) is 45.6 Å². The number of rotatable bonds is 4. The molecule has 2 N–H and O–H groups in total. The number of aromatic amines is 1. The Balaban J connectivity index is 1.52. The molecular formula is C24H22F3N5. The molecule has 0 amide bonds. The van der Waals surface area contributed by atoms with E-state index in [1.807, 2.05) is 0 Å². The molecule has 5 nitrogen and oxygen atoms in total. The zero-order chi connectivity index (χ0) is 22.0. The highest BCUT2D eigenvalue weighted by Gasteiger charge is 2.38. The van der Waals surface area contributed by atoms with Crippen LogP contribution in [0.1, 0.15) is 62.0 Å². The Kier molecular flexibility index (Phi) is 4.42. The van der Waals surface area contributed by atoms with E-state index >= 15 is 4.39 Å². The van der Waals surface area contributed by atoms with Gasteiger partial charge in [0.05, 0.1) is 11.3 Å². The summed E-state index contributed by atoms with van der Waals surface area (Å²) >= 11 is 0. The summed E-state index contributed by atoms with van der Waals surface area (Å²) in [6.45, 7) is 0. The predicted octanol–water partition coefficient (Wildman–Crippen LogP) is 5.78. The number of fused-ring (bicyclic) bond motifs is 4. The molecule has 32 heavy (non-hydrogen) atoms. The number of hydrogen-bond donors (Lipinski definition) is 2. The van der Waals surface area contributed by atoms with Gasteiger partial charge in [-0.15, -0.1) is 0 Å². The molecule has 7 rings (SSSR count). The van der Waals surface area contributed by atoms with Crippen molar-refractivity contribution in [2.45, 2.75) is 56.9 Å². The summed E-state index contributed by atoms with van der Waals surface area (Å²) < 4.78 is 43.9. The minimum absolute atomic E-state index is 0.0384. The molecule has 0 saturated heterocycles. The first-order valence-electron chi connectivity index (χ1n) is 11.3. The first-order valence-corrected chi connectivity index (χ1v) is 11.3. The molecule has 8 heteroatoms. The predicted molar refractivity (Wildman–Crippen MR) is 113 cm³/mol. The summed E-state index contributed by atoms with van der Waals surface area (Å²) in [7, 11) is 0. The van der Waals surface area contributed by atoms with Crippen molar-refractivity contribution in [2.24, 2.45) is 11.8 Å². The highest BCUT2D eigenvalue weighted by Crippen LogP contribution is 2.47. The number of halogens is 3. The summed E-state index contributed by atoms with van der Waals surface area (Å²) in [6.07, 6.45) is 7.30. The maximum absolute atomic E-state index is 15.6. The van der Waals surface area contributed by atoms with E-state index in [0.29, 0.717) is 17.4 Å². The number of pyridine rings is 1. The lowest BCUT2D eigenvalue weighted by Crippen LogP contribution is -2.40. The monoisotopic (exact) mass is 437 g/mol. The van der Waals surface area contributed by atoms with Crippen LogP contribution in [-0.2, 0) is 0 Å². The quantitative estimate of drug-likeness (QED) is 0.542. The van der Waals surface area contributed by atoms with Gasteiger partial charge in [-0.25, -0.2) is 18.2 Å². The van der Waals surface area contributed by atoms with E-state index in [0.717, 1.165) is 44.2 Å². The molecule has 0 spiro atoms. The average Bonchev–Trinajstić information content (AvgIpc) is 3.54. The number of nitrogens with one attached hydrogen (secondary N) is 2. The first kappa shape index (κ1) is 19.6. The Morgan fingerprint density at radius 3 is 2.50 bits per heavy atom. The van der Waals surface area contributed by atoms with E-state index in [2.05, 4.69) is 26.6 Å². The summed E-state index contributed by atoms with van der Waals surface area (Å²) in [4.78, 5) is 4.52. The summed E-state index contributed by atoms with van der Waals surface area (Å²) in [5.41, 5.74) is 0.830. The third kappa shape index (κ3) is 3.06. The Morgan fingerprint density at radius 2 is 1.84 bits per heavy atom. The molecule has 4 aliphatic carbocycles. The topological polar surface area (TPSA) is 77.4 Å². The molecule has 0 radical (unpaired) electrons. The van der Waals surface area contributed by atoms with E-state index in [9.17, 15) is 14.0 Å². The minimum atomic E-state index is -0.804. The second kappa shape index (κ2) is 7.22. The van der Waals surface area contributed by atoms with Gasteiger partial charge >= 0.3 is 0 Å². The number of nitrogens with zero attached hydrogens (tertiary/aromatic N) is 3. The van der Waals surface area contributed by atoms with E-state index in [1.54, 1.807) is 0 Å². The summed E-state index contributed by atoms with van der Waals surface area (Å²) in [5, 5.41) is 20.1. The van der Waals surface area contributed by atoms with Crippen molar-refractivity contribution < 1.29 is 13.2 Å². The average molecular weight is 437 g/mol. The third-order valence-electron chi connectivity index (χ3n) is 7.46. The summed E-state index contributed by atoms with van der Waals surface area (Å²) in [6, 6.07) is 4.17. The van der Waals surface area contributed by atoms with Crippen LogP contribution in [0.15, 0.2) is 12.1 Å². The molecular weight excluding hydrogens is 415 g/mol. The molecule has 2 heterocycles. The van der Waals surface area contributed by atoms with Crippen molar-refractivity contribution in [1.29, 1.82) is 5.26 Å². The number of benzene rings is 1. The van der Waals surface area contributed by atoms with Gasteiger partial charge in [0, 0.05) is 23.1 Å². The molecule has 1 aromatic carbocycles. The molecule has 164 valence electrons. The van der Waals surface area contributed by atoms with Gasteiger partial charge in [-0.1, -0.05) is 12.8 Å². The van der Waals surface area contributed by atoms with Gasteiger partial charge in [0.15, 0.2) is 17.5 Å². The molecule has 1 unspecified atom stereocenters. The van der Waals surface area contributed by atoms with E-state index in [4.69, 9.17) is 0 Å². The SMILES string of the molecule is N#Cc1c(-c2[nH]nc3c(F)cc(F)cc23)nc(NC2CC3CCC2CC3)c(F)c1C1CC1. The van der Waals surface area contributed by atoms with Crippen molar-refractivity contribution in [3.8, 4) is 17.5 Å². The zero-order valence-electron chi connectivity index (χ0n) is 17.4. The van der Waals surface area contributed by atoms with Crippen LogP contribution < -0.4 is 5.32 Å². The van der Waals surface area contributed by atoms with Crippen molar-refractivity contribution in [2.75, 3.05) is 5.32 Å². The smallest absolute Gasteiger partial charge is 0.170 e. The number of nitriles is 1. The Morgan fingerprint density at radius 1 is 1.06 bits per heavy atom. The minimum Gasteiger partial charge on any atom is -0.365 e. The third-order valence-corrected chi connectivity index (χ3v) is 7.46. The van der Waals surface area contributed by atoms with Crippen LogP contribution in [-0.4, -0.2) is 21.2 Å². The molecule has 0 aliphatic heterocycles.